The number of carbonyl (C=O) groups is 1. The highest BCUT2D eigenvalue weighted by molar-refractivity contribution is 5.74. The number of hydrogen-bond acceptors (Lipinski definition) is 4. The largest absolute Gasteiger partial charge is 0.464 e. The number of hydrogen-bond donors (Lipinski definition) is 1. The molecule has 0 saturated heterocycles. The van der Waals surface area contributed by atoms with Gasteiger partial charge in [-0.05, 0) is 45.6 Å². The zero-order chi connectivity index (χ0) is 14.1. The van der Waals surface area contributed by atoms with Crippen molar-refractivity contribution in [2.24, 2.45) is 0 Å². The number of rotatable bonds is 8. The molecule has 1 fully saturated rings. The van der Waals surface area contributed by atoms with E-state index in [-0.39, 0.29) is 18.2 Å². The number of esters is 1. The van der Waals surface area contributed by atoms with Crippen molar-refractivity contribution in [3.63, 3.8) is 0 Å². The van der Waals surface area contributed by atoms with Crippen LogP contribution in [0.15, 0.2) is 0 Å². The van der Waals surface area contributed by atoms with Gasteiger partial charge in [0.2, 0.25) is 0 Å². The van der Waals surface area contributed by atoms with Crippen LogP contribution in [0.4, 0.5) is 0 Å². The molecule has 0 heterocycles. The molecule has 0 aliphatic heterocycles. The summed E-state index contributed by atoms with van der Waals surface area (Å²) in [5, 5.41) is 3.48. The summed E-state index contributed by atoms with van der Waals surface area (Å²) in [5.74, 6) is -0.196. The monoisotopic (exact) mass is 271 g/mol. The standard InChI is InChI=1S/C15H29NO3/c1-4-7-14(15(17)18-6-3)19-13-10-8-12(9-11-13)16-5-2/h12-14,16H,4-11H2,1-3H3. The van der Waals surface area contributed by atoms with Crippen LogP contribution in [-0.2, 0) is 14.3 Å². The minimum atomic E-state index is -0.370. The summed E-state index contributed by atoms with van der Waals surface area (Å²) >= 11 is 0. The van der Waals surface area contributed by atoms with Gasteiger partial charge in [0.25, 0.3) is 0 Å². The molecule has 1 unspecified atom stereocenters. The van der Waals surface area contributed by atoms with Gasteiger partial charge < -0.3 is 14.8 Å². The van der Waals surface area contributed by atoms with Crippen molar-refractivity contribution in [2.75, 3.05) is 13.2 Å². The predicted octanol–water partition coefficient (Wildman–Crippen LogP) is 2.66. The Labute approximate surface area is 117 Å². The fourth-order valence-corrected chi connectivity index (χ4v) is 2.66. The molecular weight excluding hydrogens is 242 g/mol. The normalized spacial score (nSPS) is 25.0. The Bertz CT molecular complexity index is 250. The Kier molecular flexibility index (Phi) is 8.07. The van der Waals surface area contributed by atoms with Gasteiger partial charge in [-0.15, -0.1) is 0 Å². The van der Waals surface area contributed by atoms with E-state index in [4.69, 9.17) is 9.47 Å². The molecule has 4 nitrogen and oxygen atoms in total. The maximum atomic E-state index is 11.8. The summed E-state index contributed by atoms with van der Waals surface area (Å²) in [5.41, 5.74) is 0. The van der Waals surface area contributed by atoms with E-state index in [9.17, 15) is 4.79 Å². The molecule has 1 rings (SSSR count). The van der Waals surface area contributed by atoms with Gasteiger partial charge in [0.15, 0.2) is 6.10 Å². The SMILES string of the molecule is CCCC(OC1CCC(NCC)CC1)C(=O)OCC. The summed E-state index contributed by atoms with van der Waals surface area (Å²) in [6.45, 7) is 7.49. The molecule has 112 valence electrons. The fraction of sp³-hybridized carbons (Fsp3) is 0.933. The third-order valence-corrected chi connectivity index (χ3v) is 3.62. The average molecular weight is 271 g/mol. The van der Waals surface area contributed by atoms with Crippen molar-refractivity contribution < 1.29 is 14.3 Å². The van der Waals surface area contributed by atoms with Gasteiger partial charge >= 0.3 is 5.97 Å². The van der Waals surface area contributed by atoms with Crippen molar-refractivity contribution in [3.8, 4) is 0 Å². The molecule has 1 aliphatic carbocycles. The van der Waals surface area contributed by atoms with Crippen LogP contribution in [0.2, 0.25) is 0 Å². The Morgan fingerprint density at radius 3 is 2.42 bits per heavy atom. The second kappa shape index (κ2) is 9.32. The van der Waals surface area contributed by atoms with E-state index < -0.39 is 0 Å². The summed E-state index contributed by atoms with van der Waals surface area (Å²) in [6, 6.07) is 0.622. The number of ether oxygens (including phenoxy) is 2. The first-order valence-corrected chi connectivity index (χ1v) is 7.76. The van der Waals surface area contributed by atoms with E-state index in [1.807, 2.05) is 6.92 Å². The van der Waals surface area contributed by atoms with E-state index in [0.717, 1.165) is 45.1 Å². The summed E-state index contributed by atoms with van der Waals surface area (Å²) < 4.78 is 11.1. The Balaban J connectivity index is 2.36. The van der Waals surface area contributed by atoms with Crippen molar-refractivity contribution in [2.45, 2.75) is 77.5 Å². The van der Waals surface area contributed by atoms with Crippen molar-refractivity contribution >= 4 is 5.97 Å². The lowest BCUT2D eigenvalue weighted by molar-refractivity contribution is -0.162. The van der Waals surface area contributed by atoms with Crippen LogP contribution in [0.25, 0.3) is 0 Å². The third-order valence-electron chi connectivity index (χ3n) is 3.62. The third kappa shape index (κ3) is 5.91. The van der Waals surface area contributed by atoms with Crippen LogP contribution in [0.3, 0.4) is 0 Å². The van der Waals surface area contributed by atoms with E-state index in [1.165, 1.54) is 0 Å². The zero-order valence-electron chi connectivity index (χ0n) is 12.6. The Hall–Kier alpha value is -0.610. The highest BCUT2D eigenvalue weighted by Crippen LogP contribution is 2.23. The number of nitrogens with one attached hydrogen (secondary N) is 1. The number of carbonyl (C=O) groups excluding carboxylic acids is 1. The van der Waals surface area contributed by atoms with E-state index in [0.29, 0.717) is 12.6 Å². The topological polar surface area (TPSA) is 47.6 Å². The van der Waals surface area contributed by atoms with Crippen molar-refractivity contribution in [3.05, 3.63) is 0 Å². The quantitative estimate of drug-likeness (QED) is 0.689. The molecule has 1 atom stereocenters. The fourth-order valence-electron chi connectivity index (χ4n) is 2.66. The van der Waals surface area contributed by atoms with E-state index in [2.05, 4.69) is 19.2 Å². The first kappa shape index (κ1) is 16.4. The van der Waals surface area contributed by atoms with Gasteiger partial charge in [-0.1, -0.05) is 20.3 Å². The maximum Gasteiger partial charge on any atom is 0.335 e. The highest BCUT2D eigenvalue weighted by Gasteiger charge is 2.27. The average Bonchev–Trinajstić information content (AvgIpc) is 2.41. The van der Waals surface area contributed by atoms with E-state index >= 15 is 0 Å². The molecule has 19 heavy (non-hydrogen) atoms. The maximum absolute atomic E-state index is 11.8. The predicted molar refractivity (Wildman–Crippen MR) is 76.1 cm³/mol. The van der Waals surface area contributed by atoms with Crippen LogP contribution >= 0.6 is 0 Å². The molecular formula is C15H29NO3. The van der Waals surface area contributed by atoms with Gasteiger partial charge in [0.1, 0.15) is 0 Å². The molecule has 4 heteroatoms. The molecule has 0 radical (unpaired) electrons. The van der Waals surface area contributed by atoms with Crippen molar-refractivity contribution in [1.82, 2.24) is 5.32 Å². The Morgan fingerprint density at radius 1 is 1.21 bits per heavy atom. The van der Waals surface area contributed by atoms with Gasteiger partial charge in [-0.3, -0.25) is 0 Å². The minimum Gasteiger partial charge on any atom is -0.464 e. The molecule has 0 aromatic carbocycles. The Morgan fingerprint density at radius 2 is 1.89 bits per heavy atom. The van der Waals surface area contributed by atoms with E-state index in [1.54, 1.807) is 0 Å². The minimum absolute atomic E-state index is 0.196. The van der Waals surface area contributed by atoms with Gasteiger partial charge in [0.05, 0.1) is 12.7 Å². The molecule has 0 bridgehead atoms. The molecule has 0 spiro atoms. The lowest BCUT2D eigenvalue weighted by atomic mass is 9.92. The summed E-state index contributed by atoms with van der Waals surface area (Å²) in [7, 11) is 0. The lowest BCUT2D eigenvalue weighted by Gasteiger charge is -2.31. The first-order chi connectivity index (χ1) is 9.21. The van der Waals surface area contributed by atoms with Crippen LogP contribution < -0.4 is 5.32 Å². The lowest BCUT2D eigenvalue weighted by Crippen LogP contribution is -2.38. The molecule has 1 N–H and O–H groups in total. The molecule has 1 saturated carbocycles. The van der Waals surface area contributed by atoms with Gasteiger partial charge in [-0.25, -0.2) is 4.79 Å². The second-order valence-corrected chi connectivity index (χ2v) is 5.20. The van der Waals surface area contributed by atoms with Crippen LogP contribution in [0.1, 0.15) is 59.3 Å². The second-order valence-electron chi connectivity index (χ2n) is 5.20. The molecule has 1 aliphatic rings. The van der Waals surface area contributed by atoms with Crippen molar-refractivity contribution in [1.29, 1.82) is 0 Å². The van der Waals surface area contributed by atoms with Gasteiger partial charge in [0, 0.05) is 6.04 Å². The molecule has 0 aromatic heterocycles. The van der Waals surface area contributed by atoms with Crippen LogP contribution in [-0.4, -0.2) is 37.4 Å². The van der Waals surface area contributed by atoms with Gasteiger partial charge in [-0.2, -0.15) is 0 Å². The zero-order valence-corrected chi connectivity index (χ0v) is 12.6. The highest BCUT2D eigenvalue weighted by atomic mass is 16.6. The molecule has 0 amide bonds. The summed E-state index contributed by atoms with van der Waals surface area (Å²) in [6.07, 6.45) is 5.90. The summed E-state index contributed by atoms with van der Waals surface area (Å²) in [4.78, 5) is 11.8. The molecule has 0 aromatic rings. The van der Waals surface area contributed by atoms with Crippen LogP contribution in [0.5, 0.6) is 0 Å². The first-order valence-electron chi connectivity index (χ1n) is 7.76. The van der Waals surface area contributed by atoms with Crippen LogP contribution in [0, 0.1) is 0 Å². The smallest absolute Gasteiger partial charge is 0.335 e.